The van der Waals surface area contributed by atoms with Crippen LogP contribution >= 0.6 is 0 Å². The summed E-state index contributed by atoms with van der Waals surface area (Å²) in [6.07, 6.45) is 0. The molecule has 62 heavy (non-hydrogen) atoms. The minimum atomic E-state index is -0.499. The SMILES string of the molecule is Cc1cc(-c2cccc(-c3ccccc3N(c3ccccc3)c3ccc4c(c3)C(c3ccccc3)(c3ccccc3)c3ccccc3-4)c2)ccc1-c1c(C)ccc2ccccc12. The van der Waals surface area contributed by atoms with Crippen molar-refractivity contribution in [2.45, 2.75) is 19.3 Å². The maximum atomic E-state index is 2.46. The van der Waals surface area contributed by atoms with Gasteiger partial charge in [0.2, 0.25) is 0 Å². The largest absolute Gasteiger partial charge is 0.310 e. The summed E-state index contributed by atoms with van der Waals surface area (Å²) in [7, 11) is 0. The molecule has 1 nitrogen and oxygen atoms in total. The van der Waals surface area contributed by atoms with E-state index in [9.17, 15) is 0 Å². The molecule has 0 heterocycles. The Hall–Kier alpha value is -7.74. The van der Waals surface area contributed by atoms with E-state index < -0.39 is 5.41 Å². The van der Waals surface area contributed by atoms with Gasteiger partial charge in [0.05, 0.1) is 11.1 Å². The van der Waals surface area contributed by atoms with Gasteiger partial charge >= 0.3 is 0 Å². The molecule has 0 saturated heterocycles. The molecule has 0 N–H and O–H groups in total. The lowest BCUT2D eigenvalue weighted by Gasteiger charge is -2.35. The van der Waals surface area contributed by atoms with Gasteiger partial charge in [-0.2, -0.15) is 0 Å². The maximum Gasteiger partial charge on any atom is 0.0714 e. The van der Waals surface area contributed by atoms with Gasteiger partial charge in [0.1, 0.15) is 0 Å². The van der Waals surface area contributed by atoms with Crippen LogP contribution in [0.1, 0.15) is 33.4 Å². The Labute approximate surface area is 364 Å². The fourth-order valence-electron chi connectivity index (χ4n) is 10.2. The highest BCUT2D eigenvalue weighted by Gasteiger charge is 2.46. The first-order valence-electron chi connectivity index (χ1n) is 21.6. The van der Waals surface area contributed by atoms with Crippen LogP contribution in [-0.2, 0) is 5.41 Å². The quantitative estimate of drug-likeness (QED) is 0.148. The molecule has 0 atom stereocenters. The fraction of sp³-hybridized carbons (Fsp3) is 0.0492. The van der Waals surface area contributed by atoms with Crippen LogP contribution in [0.15, 0.2) is 237 Å². The van der Waals surface area contributed by atoms with Gasteiger partial charge in [-0.1, -0.05) is 200 Å². The molecule has 0 aliphatic heterocycles. The summed E-state index contributed by atoms with van der Waals surface area (Å²) in [5, 5.41) is 2.56. The van der Waals surface area contributed by atoms with Gasteiger partial charge < -0.3 is 4.90 Å². The van der Waals surface area contributed by atoms with Crippen molar-refractivity contribution >= 4 is 27.8 Å². The second-order valence-electron chi connectivity index (χ2n) is 16.5. The molecule has 294 valence electrons. The molecule has 1 aliphatic rings. The van der Waals surface area contributed by atoms with Crippen LogP contribution < -0.4 is 4.90 Å². The van der Waals surface area contributed by atoms with Crippen molar-refractivity contribution in [2.75, 3.05) is 4.90 Å². The van der Waals surface area contributed by atoms with Crippen LogP contribution in [0.5, 0.6) is 0 Å². The summed E-state index contributed by atoms with van der Waals surface area (Å²) >= 11 is 0. The molecule has 0 radical (unpaired) electrons. The zero-order chi connectivity index (χ0) is 41.6. The number of anilines is 3. The van der Waals surface area contributed by atoms with E-state index in [0.29, 0.717) is 0 Å². The molecule has 1 heteroatoms. The van der Waals surface area contributed by atoms with Crippen LogP contribution in [0.25, 0.3) is 55.3 Å². The summed E-state index contributed by atoms with van der Waals surface area (Å²) in [4.78, 5) is 2.44. The first-order valence-corrected chi connectivity index (χ1v) is 21.6. The number of hydrogen-bond acceptors (Lipinski definition) is 1. The smallest absolute Gasteiger partial charge is 0.0714 e. The number of nitrogens with zero attached hydrogens (tertiary/aromatic N) is 1. The second kappa shape index (κ2) is 15.4. The molecule has 0 spiro atoms. The zero-order valence-electron chi connectivity index (χ0n) is 35.0. The summed E-state index contributed by atoms with van der Waals surface area (Å²) in [6, 6.07) is 87.1. The number of fused-ring (bicyclic) bond motifs is 4. The zero-order valence-corrected chi connectivity index (χ0v) is 35.0. The monoisotopic (exact) mass is 791 g/mol. The van der Waals surface area contributed by atoms with Gasteiger partial charge in [0.15, 0.2) is 0 Å². The van der Waals surface area contributed by atoms with Crippen molar-refractivity contribution in [1.29, 1.82) is 0 Å². The van der Waals surface area contributed by atoms with Crippen molar-refractivity contribution in [1.82, 2.24) is 0 Å². The standard InChI is InChI=1S/C61H45N/c1-42-33-34-44-19-12-13-29-54(44)60(42)52-37-35-46(39-43(52)2)45-20-18-21-47(40-45)53-28-15-17-32-59(53)62(50-26-10-5-11-27-50)51-36-38-56-55-30-14-16-31-57(55)61(58(56)41-51,48-22-6-3-7-23-48)49-24-8-4-9-25-49/h3-41H,1-2H3. The Kier molecular flexibility index (Phi) is 9.24. The van der Waals surface area contributed by atoms with Crippen LogP contribution in [0, 0.1) is 13.8 Å². The molecule has 0 amide bonds. The average molecular weight is 792 g/mol. The highest BCUT2D eigenvalue weighted by Crippen LogP contribution is 2.57. The lowest BCUT2D eigenvalue weighted by atomic mass is 9.67. The molecule has 10 aromatic carbocycles. The van der Waals surface area contributed by atoms with E-state index in [1.54, 1.807) is 0 Å². The summed E-state index contributed by atoms with van der Waals surface area (Å²) < 4.78 is 0. The third-order valence-electron chi connectivity index (χ3n) is 13.0. The average Bonchev–Trinajstić information content (AvgIpc) is 3.63. The molecule has 10 aromatic rings. The summed E-state index contributed by atoms with van der Waals surface area (Å²) in [5.41, 5.74) is 20.4. The second-order valence-corrected chi connectivity index (χ2v) is 16.5. The highest BCUT2D eigenvalue weighted by atomic mass is 15.1. The van der Waals surface area contributed by atoms with Crippen LogP contribution in [0.3, 0.4) is 0 Å². The Bertz CT molecular complexity index is 3220. The van der Waals surface area contributed by atoms with Gasteiger partial charge in [-0.05, 0) is 133 Å². The van der Waals surface area contributed by atoms with Crippen LogP contribution in [-0.4, -0.2) is 0 Å². The minimum absolute atomic E-state index is 0.499. The van der Waals surface area contributed by atoms with E-state index in [2.05, 4.69) is 255 Å². The van der Waals surface area contributed by atoms with E-state index in [0.717, 1.165) is 17.1 Å². The first-order chi connectivity index (χ1) is 30.6. The molecule has 0 bridgehead atoms. The molecule has 0 unspecified atom stereocenters. The van der Waals surface area contributed by atoms with Gasteiger partial charge in [0.25, 0.3) is 0 Å². The Morgan fingerprint density at radius 3 is 1.69 bits per heavy atom. The van der Waals surface area contributed by atoms with E-state index in [1.165, 1.54) is 88.7 Å². The summed E-state index contributed by atoms with van der Waals surface area (Å²) in [5.74, 6) is 0. The van der Waals surface area contributed by atoms with E-state index in [-0.39, 0.29) is 0 Å². The molecule has 1 aliphatic carbocycles. The number of benzene rings is 10. The van der Waals surface area contributed by atoms with Gasteiger partial charge in [0, 0.05) is 16.9 Å². The number of rotatable bonds is 8. The van der Waals surface area contributed by atoms with Crippen molar-refractivity contribution in [3.05, 3.63) is 270 Å². The van der Waals surface area contributed by atoms with Crippen molar-refractivity contribution in [3.8, 4) is 44.5 Å². The van der Waals surface area contributed by atoms with Gasteiger partial charge in [-0.25, -0.2) is 0 Å². The van der Waals surface area contributed by atoms with E-state index in [4.69, 9.17) is 0 Å². The Balaban J connectivity index is 1.06. The fourth-order valence-corrected chi connectivity index (χ4v) is 10.2. The van der Waals surface area contributed by atoms with Crippen LogP contribution in [0.4, 0.5) is 17.1 Å². The Morgan fingerprint density at radius 2 is 0.935 bits per heavy atom. The third kappa shape index (κ3) is 6.08. The predicted octanol–water partition coefficient (Wildman–Crippen LogP) is 16.3. The third-order valence-corrected chi connectivity index (χ3v) is 13.0. The van der Waals surface area contributed by atoms with Crippen LogP contribution in [0.2, 0.25) is 0 Å². The molecule has 0 aromatic heterocycles. The lowest BCUT2D eigenvalue weighted by Crippen LogP contribution is -2.28. The maximum absolute atomic E-state index is 2.46. The molecular weight excluding hydrogens is 747 g/mol. The predicted molar refractivity (Wildman–Crippen MR) is 262 cm³/mol. The highest BCUT2D eigenvalue weighted by molar-refractivity contribution is 5.99. The van der Waals surface area contributed by atoms with Crippen molar-refractivity contribution in [2.24, 2.45) is 0 Å². The number of aryl methyl sites for hydroxylation is 2. The Morgan fingerprint density at radius 1 is 0.339 bits per heavy atom. The normalized spacial score (nSPS) is 12.5. The summed E-state index contributed by atoms with van der Waals surface area (Å²) in [6.45, 7) is 4.47. The molecule has 11 rings (SSSR count). The minimum Gasteiger partial charge on any atom is -0.310 e. The number of hydrogen-bond donors (Lipinski definition) is 0. The molecule has 0 saturated carbocycles. The lowest BCUT2D eigenvalue weighted by molar-refractivity contribution is 0.768. The van der Waals surface area contributed by atoms with Crippen molar-refractivity contribution in [3.63, 3.8) is 0 Å². The van der Waals surface area contributed by atoms with Gasteiger partial charge in [-0.3, -0.25) is 0 Å². The molecule has 0 fully saturated rings. The first kappa shape index (κ1) is 37.3. The van der Waals surface area contributed by atoms with E-state index in [1.807, 2.05) is 0 Å². The number of para-hydroxylation sites is 2. The van der Waals surface area contributed by atoms with E-state index >= 15 is 0 Å². The van der Waals surface area contributed by atoms with Gasteiger partial charge in [-0.15, -0.1) is 0 Å². The topological polar surface area (TPSA) is 3.24 Å². The molecular formula is C61H45N. The van der Waals surface area contributed by atoms with Crippen molar-refractivity contribution < 1.29 is 0 Å².